The minimum Gasteiger partial charge on any atom is -0.374 e. The Bertz CT molecular complexity index is 609. The van der Waals surface area contributed by atoms with Crippen LogP contribution in [-0.2, 0) is 4.79 Å². The summed E-state index contributed by atoms with van der Waals surface area (Å²) in [7, 11) is 0. The fourth-order valence-corrected chi connectivity index (χ4v) is 5.24. The van der Waals surface area contributed by atoms with Crippen LogP contribution in [0.1, 0.15) is 57.8 Å². The molecule has 2 saturated heterocycles. The summed E-state index contributed by atoms with van der Waals surface area (Å²) < 4.78 is 0. The van der Waals surface area contributed by atoms with Crippen LogP contribution in [0.3, 0.4) is 0 Å². The van der Waals surface area contributed by atoms with Crippen molar-refractivity contribution in [2.45, 2.75) is 63.8 Å². The minimum absolute atomic E-state index is 0.287. The molecule has 0 spiro atoms. The molecule has 2 heterocycles. The van der Waals surface area contributed by atoms with Gasteiger partial charge in [0.15, 0.2) is 0 Å². The average Bonchev–Trinajstić information content (AvgIpc) is 2.72. The van der Waals surface area contributed by atoms with E-state index in [0.717, 1.165) is 31.2 Å². The van der Waals surface area contributed by atoms with Crippen LogP contribution in [0.4, 0.5) is 11.4 Å². The van der Waals surface area contributed by atoms with Crippen molar-refractivity contribution in [1.29, 1.82) is 0 Å². The number of rotatable bonds is 4. The van der Waals surface area contributed by atoms with Crippen LogP contribution in [0.2, 0.25) is 0 Å². The van der Waals surface area contributed by atoms with Crippen molar-refractivity contribution in [3.8, 4) is 0 Å². The number of carbonyl (C=O) groups is 1. The van der Waals surface area contributed by atoms with Crippen LogP contribution in [0.5, 0.6) is 0 Å². The lowest BCUT2D eigenvalue weighted by molar-refractivity contribution is -0.135. The van der Waals surface area contributed by atoms with Gasteiger partial charge in [-0.15, -0.1) is 0 Å². The Labute approximate surface area is 157 Å². The normalized spacial score (nSPS) is 26.3. The molecule has 4 heteroatoms. The quantitative estimate of drug-likeness (QED) is 0.876. The van der Waals surface area contributed by atoms with Gasteiger partial charge in [-0.3, -0.25) is 4.79 Å². The van der Waals surface area contributed by atoms with Gasteiger partial charge < -0.3 is 15.1 Å². The number of amides is 1. The summed E-state index contributed by atoms with van der Waals surface area (Å²) in [6, 6.07) is 8.99. The number of para-hydroxylation sites is 2. The first kappa shape index (κ1) is 17.7. The van der Waals surface area contributed by atoms with Gasteiger partial charge in [0.1, 0.15) is 0 Å². The average molecular weight is 356 g/mol. The Hall–Kier alpha value is -1.71. The fraction of sp³-hybridized carbons (Fsp3) is 0.682. The summed E-state index contributed by atoms with van der Waals surface area (Å²) in [5.41, 5.74) is 2.37. The fourth-order valence-electron chi connectivity index (χ4n) is 5.24. The summed E-state index contributed by atoms with van der Waals surface area (Å²) in [6.07, 6.45) is 11.5. The lowest BCUT2D eigenvalue weighted by Gasteiger charge is -2.44. The van der Waals surface area contributed by atoms with Crippen LogP contribution in [0.25, 0.3) is 0 Å². The Morgan fingerprint density at radius 3 is 2.58 bits per heavy atom. The molecule has 3 fully saturated rings. The zero-order valence-electron chi connectivity index (χ0n) is 16.0. The number of nitrogens with zero attached hydrogens (tertiary/aromatic N) is 2. The highest BCUT2D eigenvalue weighted by molar-refractivity contribution is 5.83. The zero-order chi connectivity index (χ0) is 17.8. The van der Waals surface area contributed by atoms with Gasteiger partial charge in [-0.2, -0.15) is 0 Å². The molecule has 1 amide bonds. The standard InChI is InChI=1S/C22H33N3O/c26-22(25-16-8-10-18-9-2-4-12-20(18)25)17-23-19-11-3-5-13-21(19)24-14-6-1-7-15-24/h3,5,11,13,18,20,23H,1-2,4,6-10,12,14-17H2. The van der Waals surface area contributed by atoms with Gasteiger partial charge in [-0.1, -0.05) is 25.0 Å². The third-order valence-corrected chi connectivity index (χ3v) is 6.59. The number of hydrogen-bond donors (Lipinski definition) is 1. The van der Waals surface area contributed by atoms with Crippen molar-refractivity contribution in [2.24, 2.45) is 5.92 Å². The van der Waals surface area contributed by atoms with Crippen LogP contribution in [0.15, 0.2) is 24.3 Å². The van der Waals surface area contributed by atoms with Crippen LogP contribution in [0, 0.1) is 5.92 Å². The topological polar surface area (TPSA) is 35.6 Å². The van der Waals surface area contributed by atoms with Gasteiger partial charge in [0, 0.05) is 25.7 Å². The molecule has 2 atom stereocenters. The maximum atomic E-state index is 13.0. The molecule has 1 aromatic carbocycles. The summed E-state index contributed by atoms with van der Waals surface area (Å²) in [5, 5.41) is 3.47. The lowest BCUT2D eigenvalue weighted by atomic mass is 9.78. The maximum absolute atomic E-state index is 13.0. The second-order valence-electron chi connectivity index (χ2n) is 8.26. The number of anilines is 2. The number of likely N-dealkylation sites (tertiary alicyclic amines) is 1. The molecular formula is C22H33N3O. The summed E-state index contributed by atoms with van der Waals surface area (Å²) >= 11 is 0. The highest BCUT2D eigenvalue weighted by atomic mass is 16.2. The van der Waals surface area contributed by atoms with E-state index >= 15 is 0 Å². The Morgan fingerprint density at radius 1 is 0.923 bits per heavy atom. The summed E-state index contributed by atoms with van der Waals surface area (Å²) in [5.74, 6) is 1.04. The number of hydrogen-bond acceptors (Lipinski definition) is 3. The zero-order valence-corrected chi connectivity index (χ0v) is 16.0. The van der Waals surface area contributed by atoms with E-state index in [-0.39, 0.29) is 5.91 Å². The molecular weight excluding hydrogens is 322 g/mol. The van der Waals surface area contributed by atoms with Crippen molar-refractivity contribution in [3.63, 3.8) is 0 Å². The first-order chi connectivity index (χ1) is 12.8. The number of piperidine rings is 2. The molecule has 26 heavy (non-hydrogen) atoms. The third kappa shape index (κ3) is 3.84. The molecule has 0 bridgehead atoms. The molecule has 1 saturated carbocycles. The molecule has 4 nitrogen and oxygen atoms in total. The summed E-state index contributed by atoms with van der Waals surface area (Å²) in [4.78, 5) is 17.6. The van der Waals surface area contributed by atoms with Crippen LogP contribution in [-0.4, -0.2) is 43.0 Å². The first-order valence-electron chi connectivity index (χ1n) is 10.7. The summed E-state index contributed by atoms with van der Waals surface area (Å²) in [6.45, 7) is 3.63. The van der Waals surface area contributed by atoms with E-state index in [4.69, 9.17) is 0 Å². The van der Waals surface area contributed by atoms with Gasteiger partial charge in [0.05, 0.1) is 17.9 Å². The van der Waals surface area contributed by atoms with E-state index in [9.17, 15) is 4.79 Å². The van der Waals surface area contributed by atoms with Crippen molar-refractivity contribution in [1.82, 2.24) is 4.90 Å². The highest BCUT2D eigenvalue weighted by Gasteiger charge is 2.35. The van der Waals surface area contributed by atoms with Crippen molar-refractivity contribution in [2.75, 3.05) is 36.4 Å². The first-order valence-corrected chi connectivity index (χ1v) is 10.7. The van der Waals surface area contributed by atoms with Crippen molar-refractivity contribution >= 4 is 17.3 Å². The number of carbonyl (C=O) groups excluding carboxylic acids is 1. The van der Waals surface area contributed by atoms with Gasteiger partial charge in [-0.05, 0) is 63.0 Å². The molecule has 1 aromatic rings. The molecule has 142 valence electrons. The van der Waals surface area contributed by atoms with E-state index in [2.05, 4.69) is 39.4 Å². The second kappa shape index (κ2) is 8.32. The second-order valence-corrected chi connectivity index (χ2v) is 8.26. The molecule has 0 radical (unpaired) electrons. The van der Waals surface area contributed by atoms with E-state index in [1.807, 2.05) is 0 Å². The third-order valence-electron chi connectivity index (χ3n) is 6.59. The van der Waals surface area contributed by atoms with E-state index in [1.54, 1.807) is 0 Å². The lowest BCUT2D eigenvalue weighted by Crippen LogP contribution is -2.51. The van der Waals surface area contributed by atoms with E-state index < -0.39 is 0 Å². The van der Waals surface area contributed by atoms with Gasteiger partial charge in [-0.25, -0.2) is 0 Å². The maximum Gasteiger partial charge on any atom is 0.242 e. The number of fused-ring (bicyclic) bond motifs is 1. The van der Waals surface area contributed by atoms with E-state index in [0.29, 0.717) is 12.6 Å². The Kier molecular flexibility index (Phi) is 5.66. The molecule has 4 rings (SSSR count). The van der Waals surface area contributed by atoms with E-state index in [1.165, 1.54) is 63.5 Å². The van der Waals surface area contributed by atoms with Gasteiger partial charge >= 0.3 is 0 Å². The predicted octanol–water partition coefficient (Wildman–Crippen LogP) is 4.27. The molecule has 2 aliphatic heterocycles. The Balaban J connectivity index is 1.40. The monoisotopic (exact) mass is 355 g/mol. The molecule has 1 aliphatic carbocycles. The van der Waals surface area contributed by atoms with Crippen molar-refractivity contribution < 1.29 is 4.79 Å². The molecule has 2 unspecified atom stereocenters. The Morgan fingerprint density at radius 2 is 1.69 bits per heavy atom. The number of benzene rings is 1. The molecule has 0 aromatic heterocycles. The molecule has 1 N–H and O–H groups in total. The highest BCUT2D eigenvalue weighted by Crippen LogP contribution is 2.35. The van der Waals surface area contributed by atoms with Gasteiger partial charge in [0.2, 0.25) is 5.91 Å². The van der Waals surface area contributed by atoms with Gasteiger partial charge in [0.25, 0.3) is 0 Å². The predicted molar refractivity (Wildman–Crippen MR) is 108 cm³/mol. The van der Waals surface area contributed by atoms with Crippen molar-refractivity contribution in [3.05, 3.63) is 24.3 Å². The molecule has 3 aliphatic rings. The van der Waals surface area contributed by atoms with Crippen LogP contribution < -0.4 is 10.2 Å². The largest absolute Gasteiger partial charge is 0.374 e. The smallest absolute Gasteiger partial charge is 0.242 e. The minimum atomic E-state index is 0.287. The number of nitrogens with one attached hydrogen (secondary N) is 1. The SMILES string of the molecule is O=C(CNc1ccccc1N1CCCCC1)N1CCCC2CCCCC21. The van der Waals surface area contributed by atoms with Crippen LogP contribution >= 0.6 is 0 Å².